The molecule has 2 aliphatic rings. The molecule has 1 saturated heterocycles. The number of fused-ring (bicyclic) bond motifs is 1. The quantitative estimate of drug-likeness (QED) is 0.621. The topological polar surface area (TPSA) is 62.7 Å². The molecule has 3 aromatic rings. The van der Waals surface area contributed by atoms with Crippen molar-refractivity contribution in [3.05, 3.63) is 76.7 Å². The number of nitrogens with zero attached hydrogens (tertiary/aromatic N) is 3. The molecule has 156 valence electrons. The van der Waals surface area contributed by atoms with Crippen LogP contribution in [0.2, 0.25) is 0 Å². The normalized spacial score (nSPS) is 23.7. The summed E-state index contributed by atoms with van der Waals surface area (Å²) in [6.45, 7) is 2.94. The van der Waals surface area contributed by atoms with Crippen LogP contribution in [-0.4, -0.2) is 47.8 Å². The van der Waals surface area contributed by atoms with E-state index in [9.17, 15) is 8.42 Å². The molecule has 1 aromatic carbocycles. The van der Waals surface area contributed by atoms with E-state index in [4.69, 9.17) is 4.74 Å². The molecule has 0 bridgehead atoms. The summed E-state index contributed by atoms with van der Waals surface area (Å²) in [5.74, 6) is 0.443. The van der Waals surface area contributed by atoms with E-state index < -0.39 is 15.6 Å². The molecule has 1 spiro atoms. The van der Waals surface area contributed by atoms with Gasteiger partial charge < -0.3 is 4.74 Å². The minimum Gasteiger partial charge on any atom is -0.483 e. The molecule has 0 amide bonds. The number of benzene rings is 1. The minimum atomic E-state index is -3.70. The highest BCUT2D eigenvalue weighted by molar-refractivity contribution is 7.89. The van der Waals surface area contributed by atoms with Crippen LogP contribution >= 0.6 is 11.3 Å². The van der Waals surface area contributed by atoms with Crippen LogP contribution in [0.25, 0.3) is 0 Å². The lowest BCUT2D eigenvalue weighted by molar-refractivity contribution is 0.0569. The molecule has 2 aliphatic heterocycles. The van der Waals surface area contributed by atoms with E-state index in [1.807, 2.05) is 24.3 Å². The monoisotopic (exact) mass is 441 g/mol. The number of thiophene rings is 1. The van der Waals surface area contributed by atoms with E-state index in [-0.39, 0.29) is 11.4 Å². The number of sulfonamides is 1. The molecule has 1 fully saturated rings. The lowest BCUT2D eigenvalue weighted by Crippen LogP contribution is -2.49. The Bertz CT molecular complexity index is 1120. The highest BCUT2D eigenvalue weighted by atomic mass is 32.2. The van der Waals surface area contributed by atoms with Crippen LogP contribution in [0, 0.1) is 0 Å². The van der Waals surface area contributed by atoms with Gasteiger partial charge in [0, 0.05) is 32.3 Å². The van der Waals surface area contributed by atoms with Crippen molar-refractivity contribution in [2.75, 3.05) is 19.6 Å². The second-order valence-corrected chi connectivity index (χ2v) is 10.6. The minimum absolute atomic E-state index is 0.229. The number of rotatable bonds is 4. The van der Waals surface area contributed by atoms with Crippen molar-refractivity contribution in [2.45, 2.75) is 30.0 Å². The third-order valence-corrected chi connectivity index (χ3v) is 8.27. The zero-order valence-corrected chi connectivity index (χ0v) is 18.1. The number of pyridine rings is 1. The van der Waals surface area contributed by atoms with Gasteiger partial charge in [-0.2, -0.15) is 15.6 Å². The van der Waals surface area contributed by atoms with E-state index in [2.05, 4.69) is 26.7 Å². The van der Waals surface area contributed by atoms with Gasteiger partial charge in [-0.15, -0.1) is 0 Å². The Morgan fingerprint density at radius 2 is 1.93 bits per heavy atom. The van der Waals surface area contributed by atoms with Crippen molar-refractivity contribution in [1.29, 1.82) is 0 Å². The Morgan fingerprint density at radius 3 is 2.73 bits per heavy atom. The highest BCUT2D eigenvalue weighted by Crippen LogP contribution is 2.39. The van der Waals surface area contributed by atoms with Crippen LogP contribution in [-0.2, 0) is 23.1 Å². The molecule has 30 heavy (non-hydrogen) atoms. The third kappa shape index (κ3) is 3.76. The van der Waals surface area contributed by atoms with E-state index in [1.165, 1.54) is 9.87 Å². The van der Waals surface area contributed by atoms with Crippen molar-refractivity contribution in [3.8, 4) is 5.75 Å². The number of hydrogen-bond acceptors (Lipinski definition) is 6. The summed E-state index contributed by atoms with van der Waals surface area (Å²) < 4.78 is 35.0. The molecule has 0 N–H and O–H groups in total. The summed E-state index contributed by atoms with van der Waals surface area (Å²) >= 11 is 1.69. The maximum Gasteiger partial charge on any atom is 0.247 e. The second-order valence-electron chi connectivity index (χ2n) is 7.92. The van der Waals surface area contributed by atoms with E-state index >= 15 is 0 Å². The largest absolute Gasteiger partial charge is 0.483 e. The Hall–Kier alpha value is -2.26. The number of likely N-dealkylation sites (tertiary alicyclic amines) is 1. The van der Waals surface area contributed by atoms with Gasteiger partial charge in [0.25, 0.3) is 0 Å². The number of hydrogen-bond donors (Lipinski definition) is 0. The van der Waals surface area contributed by atoms with Crippen LogP contribution in [0.5, 0.6) is 5.75 Å². The molecule has 1 unspecified atom stereocenters. The summed E-state index contributed by atoms with van der Waals surface area (Å²) in [7, 11) is -3.70. The maximum atomic E-state index is 13.5. The Kier molecular flexibility index (Phi) is 5.10. The molecular formula is C22H23N3O3S2. The standard InChI is InChI=1S/C22H23N3O3S2/c26-30(27)21-7-2-1-6-20(21)28-22(17-25(30)14-19-5-3-4-10-23-19)9-11-24(16-22)13-18-8-12-29-15-18/h1-8,10,12,15H,9,11,13-14,16-17H2. The van der Waals surface area contributed by atoms with Crippen molar-refractivity contribution >= 4 is 21.4 Å². The average molecular weight is 442 g/mol. The summed E-state index contributed by atoms with van der Waals surface area (Å²) in [6, 6.07) is 14.7. The average Bonchev–Trinajstić information content (AvgIpc) is 3.37. The molecule has 0 radical (unpaired) electrons. The summed E-state index contributed by atoms with van der Waals surface area (Å²) in [5.41, 5.74) is 1.43. The maximum absolute atomic E-state index is 13.5. The first-order chi connectivity index (χ1) is 14.5. The predicted octanol–water partition coefficient (Wildman–Crippen LogP) is 3.37. The number of ether oxygens (including phenoxy) is 1. The van der Waals surface area contributed by atoms with Gasteiger partial charge in [-0.05, 0) is 46.7 Å². The molecule has 0 aliphatic carbocycles. The van der Waals surface area contributed by atoms with Crippen LogP contribution in [0.15, 0.2) is 70.4 Å². The van der Waals surface area contributed by atoms with Gasteiger partial charge in [0.05, 0.1) is 18.8 Å². The fraction of sp³-hybridized carbons (Fsp3) is 0.318. The first kappa shape index (κ1) is 19.7. The van der Waals surface area contributed by atoms with Gasteiger partial charge >= 0.3 is 0 Å². The second kappa shape index (κ2) is 7.77. The highest BCUT2D eigenvalue weighted by Gasteiger charge is 2.47. The zero-order valence-electron chi connectivity index (χ0n) is 16.5. The lowest BCUT2D eigenvalue weighted by atomic mass is 10.0. The predicted molar refractivity (Wildman–Crippen MR) is 116 cm³/mol. The first-order valence-electron chi connectivity index (χ1n) is 9.96. The van der Waals surface area contributed by atoms with Gasteiger partial charge in [0.1, 0.15) is 16.2 Å². The van der Waals surface area contributed by atoms with E-state index in [1.54, 1.807) is 35.7 Å². The Balaban J connectivity index is 1.49. The van der Waals surface area contributed by atoms with E-state index in [0.29, 0.717) is 18.8 Å². The molecule has 6 nitrogen and oxygen atoms in total. The Morgan fingerprint density at radius 1 is 1.07 bits per heavy atom. The molecule has 2 aromatic heterocycles. The van der Waals surface area contributed by atoms with Gasteiger partial charge in [-0.3, -0.25) is 9.88 Å². The molecular weight excluding hydrogens is 418 g/mol. The summed E-state index contributed by atoms with van der Waals surface area (Å²) in [5, 5.41) is 4.24. The van der Waals surface area contributed by atoms with Crippen LogP contribution < -0.4 is 4.74 Å². The fourth-order valence-corrected chi connectivity index (χ4v) is 6.55. The number of aromatic nitrogens is 1. The number of para-hydroxylation sites is 1. The molecule has 1 atom stereocenters. The van der Waals surface area contributed by atoms with Gasteiger partial charge in [0.15, 0.2) is 0 Å². The fourth-order valence-electron chi connectivity index (χ4n) is 4.29. The van der Waals surface area contributed by atoms with Crippen molar-refractivity contribution in [2.24, 2.45) is 0 Å². The van der Waals surface area contributed by atoms with Crippen LogP contribution in [0.1, 0.15) is 17.7 Å². The lowest BCUT2D eigenvalue weighted by Gasteiger charge is -2.32. The first-order valence-corrected chi connectivity index (χ1v) is 12.3. The van der Waals surface area contributed by atoms with E-state index in [0.717, 1.165) is 25.2 Å². The SMILES string of the molecule is O=S1(=O)c2ccccc2OC2(CCN(Cc3ccsc3)C2)CN1Cc1ccccn1. The third-order valence-electron chi connectivity index (χ3n) is 5.70. The van der Waals surface area contributed by atoms with Crippen molar-refractivity contribution < 1.29 is 13.2 Å². The molecule has 0 saturated carbocycles. The smallest absolute Gasteiger partial charge is 0.247 e. The van der Waals surface area contributed by atoms with Crippen LogP contribution in [0.4, 0.5) is 0 Å². The van der Waals surface area contributed by atoms with Crippen molar-refractivity contribution in [3.63, 3.8) is 0 Å². The summed E-state index contributed by atoms with van der Waals surface area (Å²) in [6.07, 6.45) is 2.47. The molecule has 4 heterocycles. The van der Waals surface area contributed by atoms with Crippen molar-refractivity contribution in [1.82, 2.24) is 14.2 Å². The van der Waals surface area contributed by atoms with Gasteiger partial charge in [0.2, 0.25) is 10.0 Å². The van der Waals surface area contributed by atoms with Crippen LogP contribution in [0.3, 0.4) is 0 Å². The molecule has 5 rings (SSSR count). The molecule has 8 heteroatoms. The zero-order chi connectivity index (χ0) is 20.6. The van der Waals surface area contributed by atoms with Gasteiger partial charge in [-0.25, -0.2) is 8.42 Å². The van der Waals surface area contributed by atoms with Gasteiger partial charge in [-0.1, -0.05) is 18.2 Å². The Labute approximate surface area is 180 Å². The summed E-state index contributed by atoms with van der Waals surface area (Å²) in [4.78, 5) is 6.93.